The number of hydrogen-bond donors (Lipinski definition) is 2. The van der Waals surface area contributed by atoms with E-state index in [4.69, 9.17) is 9.47 Å². The van der Waals surface area contributed by atoms with Gasteiger partial charge in [0.2, 0.25) is 0 Å². The van der Waals surface area contributed by atoms with Gasteiger partial charge >= 0.3 is 0 Å². The van der Waals surface area contributed by atoms with Crippen LogP contribution < -0.4 is 20.2 Å². The van der Waals surface area contributed by atoms with Gasteiger partial charge in [0.15, 0.2) is 17.7 Å². The van der Waals surface area contributed by atoms with Crippen LogP contribution in [0.5, 0.6) is 11.5 Å². The average Bonchev–Trinajstić information content (AvgIpc) is 2.85. The summed E-state index contributed by atoms with van der Waals surface area (Å²) in [7, 11) is 2.77. The number of nitrogens with zero attached hydrogens (tertiary/aromatic N) is 2. The standard InChI is InChI=1S/C23H20N4O6/c1-32-19-12-16(18(27(30)31)13-20(19)33-2)21-24-17-11-7-6-10-15(17)23(29)26(21)25-22(28)14-8-4-3-5-9-14/h3-13,21,24H,1-2H3,(H,25,28)/t21-/m1/s1. The van der Waals surface area contributed by atoms with Crippen molar-refractivity contribution in [2.24, 2.45) is 0 Å². The first-order valence-electron chi connectivity index (χ1n) is 9.90. The van der Waals surface area contributed by atoms with E-state index >= 15 is 0 Å². The van der Waals surface area contributed by atoms with E-state index in [0.29, 0.717) is 16.8 Å². The Kier molecular flexibility index (Phi) is 5.81. The number of para-hydroxylation sites is 1. The molecular formula is C23H20N4O6. The lowest BCUT2D eigenvalue weighted by molar-refractivity contribution is -0.386. The van der Waals surface area contributed by atoms with Gasteiger partial charge in [-0.2, -0.15) is 0 Å². The second kappa shape index (κ2) is 8.87. The molecule has 0 aliphatic carbocycles. The van der Waals surface area contributed by atoms with Crippen LogP contribution in [0.1, 0.15) is 32.4 Å². The Balaban J connectivity index is 1.84. The first-order chi connectivity index (χ1) is 15.9. The molecule has 10 nitrogen and oxygen atoms in total. The minimum Gasteiger partial charge on any atom is -0.493 e. The molecule has 0 radical (unpaired) electrons. The lowest BCUT2D eigenvalue weighted by Crippen LogP contribution is -2.53. The molecule has 168 valence electrons. The number of nitro benzene ring substituents is 1. The highest BCUT2D eigenvalue weighted by atomic mass is 16.6. The maximum atomic E-state index is 13.4. The van der Waals surface area contributed by atoms with Gasteiger partial charge in [-0.05, 0) is 30.3 Å². The maximum absolute atomic E-state index is 13.4. The lowest BCUT2D eigenvalue weighted by atomic mass is 10.0. The van der Waals surface area contributed by atoms with Gasteiger partial charge in [0, 0.05) is 11.3 Å². The van der Waals surface area contributed by atoms with E-state index in [-0.39, 0.29) is 22.7 Å². The van der Waals surface area contributed by atoms with E-state index < -0.39 is 22.9 Å². The zero-order valence-corrected chi connectivity index (χ0v) is 17.8. The van der Waals surface area contributed by atoms with Crippen molar-refractivity contribution in [2.75, 3.05) is 19.5 Å². The van der Waals surface area contributed by atoms with E-state index in [0.717, 1.165) is 5.01 Å². The minimum atomic E-state index is -1.10. The predicted octanol–water partition coefficient (Wildman–Crippen LogP) is 3.52. The number of carbonyl (C=O) groups is 2. The van der Waals surface area contributed by atoms with Gasteiger partial charge < -0.3 is 14.8 Å². The number of fused-ring (bicyclic) bond motifs is 1. The molecule has 0 fully saturated rings. The molecule has 33 heavy (non-hydrogen) atoms. The third-order valence-electron chi connectivity index (χ3n) is 5.21. The van der Waals surface area contributed by atoms with Crippen molar-refractivity contribution in [1.82, 2.24) is 10.4 Å². The number of methoxy groups -OCH3 is 2. The number of nitro groups is 1. The van der Waals surface area contributed by atoms with Gasteiger partial charge in [-0.25, -0.2) is 5.01 Å². The highest BCUT2D eigenvalue weighted by Gasteiger charge is 2.38. The molecule has 0 spiro atoms. The number of benzene rings is 3. The monoisotopic (exact) mass is 448 g/mol. The van der Waals surface area contributed by atoms with Crippen LogP contribution in [0.2, 0.25) is 0 Å². The molecule has 0 aromatic heterocycles. The second-order valence-electron chi connectivity index (χ2n) is 7.10. The highest BCUT2D eigenvalue weighted by Crippen LogP contribution is 2.41. The molecule has 3 aromatic rings. The van der Waals surface area contributed by atoms with Gasteiger partial charge in [0.25, 0.3) is 17.5 Å². The summed E-state index contributed by atoms with van der Waals surface area (Å²) >= 11 is 0. The number of nitrogens with one attached hydrogen (secondary N) is 2. The largest absolute Gasteiger partial charge is 0.493 e. The third-order valence-corrected chi connectivity index (χ3v) is 5.21. The third kappa shape index (κ3) is 4.01. The Labute approximate surface area is 188 Å². The smallest absolute Gasteiger partial charge is 0.280 e. The molecule has 1 aliphatic heterocycles. The molecule has 0 saturated carbocycles. The van der Waals surface area contributed by atoms with E-state index in [1.165, 1.54) is 26.4 Å². The number of anilines is 1. The van der Waals surface area contributed by atoms with Crippen molar-refractivity contribution >= 4 is 23.2 Å². The van der Waals surface area contributed by atoms with E-state index in [2.05, 4.69) is 10.7 Å². The van der Waals surface area contributed by atoms with Gasteiger partial charge in [-0.3, -0.25) is 25.1 Å². The maximum Gasteiger partial charge on any atom is 0.280 e. The molecule has 0 bridgehead atoms. The normalized spacial score (nSPS) is 14.7. The fourth-order valence-electron chi connectivity index (χ4n) is 3.61. The van der Waals surface area contributed by atoms with Crippen LogP contribution in [0, 0.1) is 10.1 Å². The van der Waals surface area contributed by atoms with Gasteiger partial charge in [-0.1, -0.05) is 30.3 Å². The Morgan fingerprint density at radius 3 is 2.33 bits per heavy atom. The first-order valence-corrected chi connectivity index (χ1v) is 9.90. The summed E-state index contributed by atoms with van der Waals surface area (Å²) in [4.78, 5) is 37.6. The topological polar surface area (TPSA) is 123 Å². The molecule has 3 aromatic carbocycles. The summed E-state index contributed by atoms with van der Waals surface area (Å²) in [5.41, 5.74) is 3.50. The van der Waals surface area contributed by atoms with E-state index in [1.807, 2.05) is 0 Å². The Bertz CT molecular complexity index is 1230. The minimum absolute atomic E-state index is 0.105. The van der Waals surface area contributed by atoms with Crippen LogP contribution in [0.4, 0.5) is 11.4 Å². The van der Waals surface area contributed by atoms with E-state index in [1.54, 1.807) is 54.6 Å². The molecule has 4 rings (SSSR count). The summed E-state index contributed by atoms with van der Waals surface area (Å²) in [5.74, 6) is -0.670. The zero-order chi connectivity index (χ0) is 23.5. The first kappa shape index (κ1) is 21.6. The van der Waals surface area contributed by atoms with Crippen LogP contribution in [-0.2, 0) is 0 Å². The zero-order valence-electron chi connectivity index (χ0n) is 17.8. The summed E-state index contributed by atoms with van der Waals surface area (Å²) in [5, 5.41) is 16.1. The van der Waals surface area contributed by atoms with Crippen molar-refractivity contribution < 1.29 is 24.0 Å². The Hall–Kier alpha value is -4.60. The molecule has 2 N–H and O–H groups in total. The lowest BCUT2D eigenvalue weighted by Gasteiger charge is -2.37. The number of carbonyl (C=O) groups excluding carboxylic acids is 2. The molecule has 0 unspecified atom stereocenters. The summed E-state index contributed by atoms with van der Waals surface area (Å²) in [6.07, 6.45) is -1.10. The van der Waals surface area contributed by atoms with Crippen molar-refractivity contribution in [3.63, 3.8) is 0 Å². The molecule has 1 aliphatic rings. The summed E-state index contributed by atoms with van der Waals surface area (Å²) in [6.45, 7) is 0. The fraction of sp³-hybridized carbons (Fsp3) is 0.130. The van der Waals surface area contributed by atoms with Gasteiger partial charge in [0.05, 0.1) is 36.3 Å². The van der Waals surface area contributed by atoms with Crippen LogP contribution >= 0.6 is 0 Å². The molecular weight excluding hydrogens is 428 g/mol. The van der Waals surface area contributed by atoms with Crippen LogP contribution in [-0.4, -0.2) is 36.0 Å². The number of amides is 2. The van der Waals surface area contributed by atoms with Crippen LogP contribution in [0.25, 0.3) is 0 Å². The number of hydrazine groups is 1. The van der Waals surface area contributed by atoms with Gasteiger partial charge in [0.1, 0.15) is 0 Å². The highest BCUT2D eigenvalue weighted by molar-refractivity contribution is 6.04. The second-order valence-corrected chi connectivity index (χ2v) is 7.10. The number of rotatable bonds is 6. The quantitative estimate of drug-likeness (QED) is 0.437. The summed E-state index contributed by atoms with van der Waals surface area (Å²) in [6, 6.07) is 17.7. The molecule has 2 amide bonds. The van der Waals surface area contributed by atoms with Crippen molar-refractivity contribution in [3.8, 4) is 11.5 Å². The number of hydrogen-bond acceptors (Lipinski definition) is 7. The SMILES string of the molecule is COc1cc([C@@H]2Nc3ccccc3C(=O)N2NC(=O)c2ccccc2)c([N+](=O)[O-])cc1OC. The van der Waals surface area contributed by atoms with E-state index in [9.17, 15) is 19.7 Å². The van der Waals surface area contributed by atoms with Crippen LogP contribution in [0.15, 0.2) is 66.7 Å². The molecule has 10 heteroatoms. The fourth-order valence-corrected chi connectivity index (χ4v) is 3.61. The van der Waals surface area contributed by atoms with Gasteiger partial charge in [-0.15, -0.1) is 0 Å². The van der Waals surface area contributed by atoms with Crippen molar-refractivity contribution in [2.45, 2.75) is 6.17 Å². The average molecular weight is 448 g/mol. The number of ether oxygens (including phenoxy) is 2. The van der Waals surface area contributed by atoms with Crippen LogP contribution in [0.3, 0.4) is 0 Å². The molecule has 1 atom stereocenters. The Morgan fingerprint density at radius 1 is 1.03 bits per heavy atom. The predicted molar refractivity (Wildman–Crippen MR) is 119 cm³/mol. The molecule has 0 saturated heterocycles. The summed E-state index contributed by atoms with van der Waals surface area (Å²) < 4.78 is 10.5. The molecule has 1 heterocycles. The van der Waals surface area contributed by atoms with Crippen molar-refractivity contribution in [3.05, 3.63) is 93.5 Å². The Morgan fingerprint density at radius 2 is 1.67 bits per heavy atom. The van der Waals surface area contributed by atoms with Crippen molar-refractivity contribution in [1.29, 1.82) is 0 Å².